The van der Waals surface area contributed by atoms with Crippen LogP contribution < -0.4 is 14.2 Å². The summed E-state index contributed by atoms with van der Waals surface area (Å²) < 4.78 is 21.9. The molecule has 1 aliphatic heterocycles. The van der Waals surface area contributed by atoms with Crippen LogP contribution in [0, 0.1) is 0 Å². The molecule has 0 spiro atoms. The van der Waals surface area contributed by atoms with Gasteiger partial charge in [-0.15, -0.1) is 0 Å². The fourth-order valence-corrected chi connectivity index (χ4v) is 2.49. The van der Waals surface area contributed by atoms with Crippen molar-refractivity contribution in [3.63, 3.8) is 0 Å². The summed E-state index contributed by atoms with van der Waals surface area (Å²) in [6, 6.07) is 13.0. The maximum Gasteiger partial charge on any atom is 0.310 e. The summed E-state index contributed by atoms with van der Waals surface area (Å²) in [4.78, 5) is 12.1. The Labute approximate surface area is 141 Å². The number of ether oxygens (including phenoxy) is 4. The van der Waals surface area contributed by atoms with Gasteiger partial charge in [-0.05, 0) is 30.7 Å². The van der Waals surface area contributed by atoms with Gasteiger partial charge in [-0.1, -0.05) is 24.3 Å². The van der Waals surface area contributed by atoms with Gasteiger partial charge >= 0.3 is 5.97 Å². The first-order valence-electron chi connectivity index (χ1n) is 8.01. The second kappa shape index (κ2) is 7.73. The van der Waals surface area contributed by atoms with Crippen LogP contribution in [0.1, 0.15) is 18.1 Å². The molecular formula is C19H20O5. The first kappa shape index (κ1) is 16.2. The zero-order valence-electron chi connectivity index (χ0n) is 13.6. The summed E-state index contributed by atoms with van der Waals surface area (Å²) in [5, 5.41) is 0. The Morgan fingerprint density at radius 2 is 1.88 bits per heavy atom. The number of fused-ring (bicyclic) bond motifs is 1. The highest BCUT2D eigenvalue weighted by atomic mass is 16.6. The van der Waals surface area contributed by atoms with Crippen LogP contribution in [0.15, 0.2) is 42.5 Å². The van der Waals surface area contributed by atoms with Crippen LogP contribution in [0.25, 0.3) is 0 Å². The van der Waals surface area contributed by atoms with E-state index in [1.54, 1.807) is 0 Å². The van der Waals surface area contributed by atoms with E-state index in [1.165, 1.54) is 0 Å². The van der Waals surface area contributed by atoms with E-state index in [0.717, 1.165) is 16.9 Å². The molecule has 0 saturated heterocycles. The highest BCUT2D eigenvalue weighted by Gasteiger charge is 2.14. The summed E-state index contributed by atoms with van der Waals surface area (Å²) in [6.45, 7) is 3.76. The molecule has 0 unspecified atom stereocenters. The second-order valence-corrected chi connectivity index (χ2v) is 5.36. The number of para-hydroxylation sites is 1. The van der Waals surface area contributed by atoms with Gasteiger partial charge in [0.05, 0.1) is 13.0 Å². The molecule has 5 nitrogen and oxygen atoms in total. The molecule has 0 fully saturated rings. The molecule has 0 N–H and O–H groups in total. The number of carbonyl (C=O) groups excluding carboxylic acids is 1. The highest BCUT2D eigenvalue weighted by Crippen LogP contribution is 2.31. The first-order valence-corrected chi connectivity index (χ1v) is 8.01. The zero-order chi connectivity index (χ0) is 16.8. The number of hydrogen-bond donors (Lipinski definition) is 0. The SMILES string of the molecule is CCOc1ccccc1COC(=O)Cc1ccc2c(c1)OCCO2. The van der Waals surface area contributed by atoms with Gasteiger partial charge in [0.1, 0.15) is 25.6 Å². The van der Waals surface area contributed by atoms with E-state index in [9.17, 15) is 4.79 Å². The molecule has 3 rings (SSSR count). The Morgan fingerprint density at radius 1 is 1.08 bits per heavy atom. The van der Waals surface area contributed by atoms with Gasteiger partial charge in [-0.25, -0.2) is 0 Å². The minimum atomic E-state index is -0.294. The van der Waals surface area contributed by atoms with Crippen LogP contribution >= 0.6 is 0 Å². The van der Waals surface area contributed by atoms with Gasteiger partial charge in [0.25, 0.3) is 0 Å². The molecule has 2 aromatic carbocycles. The van der Waals surface area contributed by atoms with Crippen molar-refractivity contribution in [2.75, 3.05) is 19.8 Å². The van der Waals surface area contributed by atoms with E-state index in [2.05, 4.69) is 0 Å². The van der Waals surface area contributed by atoms with Crippen molar-refractivity contribution in [3.8, 4) is 17.2 Å². The van der Waals surface area contributed by atoms with E-state index in [-0.39, 0.29) is 19.0 Å². The molecule has 5 heteroatoms. The van der Waals surface area contributed by atoms with Gasteiger partial charge in [0.15, 0.2) is 11.5 Å². The Morgan fingerprint density at radius 3 is 2.71 bits per heavy atom. The highest BCUT2D eigenvalue weighted by molar-refractivity contribution is 5.73. The third-order valence-corrected chi connectivity index (χ3v) is 3.62. The van der Waals surface area contributed by atoms with Crippen LogP contribution in [0.5, 0.6) is 17.2 Å². The Bertz CT molecular complexity index is 711. The molecule has 0 aromatic heterocycles. The van der Waals surface area contributed by atoms with Gasteiger partial charge in [0.2, 0.25) is 0 Å². The number of hydrogen-bond acceptors (Lipinski definition) is 5. The maximum atomic E-state index is 12.1. The standard InChI is InChI=1S/C19H20O5/c1-2-21-16-6-4-3-5-15(16)13-24-19(20)12-14-7-8-17-18(11-14)23-10-9-22-17/h3-8,11H,2,9-10,12-13H2,1H3. The Kier molecular flexibility index (Phi) is 5.21. The van der Waals surface area contributed by atoms with Crippen LogP contribution in [-0.2, 0) is 22.6 Å². The lowest BCUT2D eigenvalue weighted by molar-refractivity contribution is -0.144. The summed E-state index contributed by atoms with van der Waals surface area (Å²) >= 11 is 0. The number of esters is 1. The first-order chi connectivity index (χ1) is 11.8. The van der Waals surface area contributed by atoms with E-state index in [0.29, 0.717) is 31.3 Å². The molecule has 0 bridgehead atoms. The van der Waals surface area contributed by atoms with Crippen molar-refractivity contribution in [2.24, 2.45) is 0 Å². The lowest BCUT2D eigenvalue weighted by Crippen LogP contribution is -2.16. The lowest BCUT2D eigenvalue weighted by Gasteiger charge is -2.18. The topological polar surface area (TPSA) is 54.0 Å². The summed E-state index contributed by atoms with van der Waals surface area (Å²) in [7, 11) is 0. The summed E-state index contributed by atoms with van der Waals surface area (Å²) in [5.41, 5.74) is 1.69. The van der Waals surface area contributed by atoms with Crippen LogP contribution in [0.4, 0.5) is 0 Å². The van der Waals surface area contributed by atoms with E-state index >= 15 is 0 Å². The Balaban J connectivity index is 1.58. The van der Waals surface area contributed by atoms with Crippen molar-refractivity contribution >= 4 is 5.97 Å². The number of rotatable bonds is 6. The maximum absolute atomic E-state index is 12.1. The average molecular weight is 328 g/mol. The van der Waals surface area contributed by atoms with E-state index in [4.69, 9.17) is 18.9 Å². The molecule has 0 atom stereocenters. The van der Waals surface area contributed by atoms with Gasteiger partial charge < -0.3 is 18.9 Å². The molecule has 0 radical (unpaired) electrons. The van der Waals surface area contributed by atoms with Crippen LogP contribution in [-0.4, -0.2) is 25.8 Å². The predicted molar refractivity (Wildman–Crippen MR) is 88.5 cm³/mol. The molecule has 1 heterocycles. The third kappa shape index (κ3) is 3.98. The largest absolute Gasteiger partial charge is 0.493 e. The normalized spacial score (nSPS) is 12.5. The van der Waals surface area contributed by atoms with Crippen LogP contribution in [0.2, 0.25) is 0 Å². The lowest BCUT2D eigenvalue weighted by atomic mass is 10.1. The van der Waals surface area contributed by atoms with Crippen molar-refractivity contribution in [3.05, 3.63) is 53.6 Å². The second-order valence-electron chi connectivity index (χ2n) is 5.36. The van der Waals surface area contributed by atoms with E-state index in [1.807, 2.05) is 49.4 Å². The number of carbonyl (C=O) groups is 1. The molecule has 0 saturated carbocycles. The van der Waals surface area contributed by atoms with Gasteiger partial charge in [0, 0.05) is 5.56 Å². The minimum Gasteiger partial charge on any atom is -0.493 e. The quantitative estimate of drug-likeness (QED) is 0.763. The smallest absolute Gasteiger partial charge is 0.310 e. The van der Waals surface area contributed by atoms with E-state index < -0.39 is 0 Å². The van der Waals surface area contributed by atoms with Crippen molar-refractivity contribution in [2.45, 2.75) is 20.0 Å². The van der Waals surface area contributed by atoms with Crippen molar-refractivity contribution < 1.29 is 23.7 Å². The zero-order valence-corrected chi connectivity index (χ0v) is 13.6. The minimum absolute atomic E-state index is 0.188. The molecule has 126 valence electrons. The molecule has 1 aliphatic rings. The molecule has 0 aliphatic carbocycles. The summed E-state index contributed by atoms with van der Waals surface area (Å²) in [5.74, 6) is 1.84. The third-order valence-electron chi connectivity index (χ3n) is 3.62. The fraction of sp³-hybridized carbons (Fsp3) is 0.316. The molecule has 2 aromatic rings. The molecule has 0 amide bonds. The van der Waals surface area contributed by atoms with Gasteiger partial charge in [-0.3, -0.25) is 4.79 Å². The molecular weight excluding hydrogens is 308 g/mol. The van der Waals surface area contributed by atoms with Crippen molar-refractivity contribution in [1.82, 2.24) is 0 Å². The van der Waals surface area contributed by atoms with Gasteiger partial charge in [-0.2, -0.15) is 0 Å². The Hall–Kier alpha value is -2.69. The number of benzene rings is 2. The van der Waals surface area contributed by atoms with Crippen molar-refractivity contribution in [1.29, 1.82) is 0 Å². The monoisotopic (exact) mass is 328 g/mol. The van der Waals surface area contributed by atoms with Crippen LogP contribution in [0.3, 0.4) is 0 Å². The molecule has 24 heavy (non-hydrogen) atoms. The predicted octanol–water partition coefficient (Wildman–Crippen LogP) is 3.14. The fourth-order valence-electron chi connectivity index (χ4n) is 2.49. The average Bonchev–Trinajstić information content (AvgIpc) is 2.61. The summed E-state index contributed by atoms with van der Waals surface area (Å²) in [6.07, 6.45) is 0.188.